The third kappa shape index (κ3) is 1.78. The smallest absolute Gasteiger partial charge is 0.123 e. The van der Waals surface area contributed by atoms with E-state index < -0.39 is 0 Å². The first-order valence-electron chi connectivity index (χ1n) is 6.90. The number of fused-ring (bicyclic) bond motifs is 3. The van der Waals surface area contributed by atoms with E-state index in [-0.39, 0.29) is 5.82 Å². The fourth-order valence-corrected chi connectivity index (χ4v) is 3.04. The molecule has 0 fully saturated rings. The zero-order chi connectivity index (χ0) is 13.5. The Hall–Kier alpha value is -2.29. The van der Waals surface area contributed by atoms with Crippen LogP contribution in [-0.2, 0) is 13.0 Å². The fourth-order valence-electron chi connectivity index (χ4n) is 3.04. The summed E-state index contributed by atoms with van der Waals surface area (Å²) in [5.74, 6) is -0.182. The van der Waals surface area contributed by atoms with Gasteiger partial charge in [-0.05, 0) is 30.3 Å². The molecule has 0 saturated carbocycles. The zero-order valence-electron chi connectivity index (χ0n) is 11.1. The lowest BCUT2D eigenvalue weighted by atomic mass is 10.0. The van der Waals surface area contributed by atoms with Crippen LogP contribution in [0.5, 0.6) is 0 Å². The average molecular weight is 266 g/mol. The van der Waals surface area contributed by atoms with E-state index in [0.29, 0.717) is 0 Å². The van der Waals surface area contributed by atoms with E-state index in [1.165, 1.54) is 34.3 Å². The number of halogens is 1. The predicted octanol–water partition coefficient (Wildman–Crippen LogP) is 3.87. The molecule has 20 heavy (non-hydrogen) atoms. The molecule has 100 valence electrons. The Morgan fingerprint density at radius 2 is 1.80 bits per heavy atom. The van der Waals surface area contributed by atoms with Gasteiger partial charge < -0.3 is 9.88 Å². The van der Waals surface area contributed by atoms with E-state index in [0.717, 1.165) is 25.2 Å². The van der Waals surface area contributed by atoms with Crippen LogP contribution in [0.2, 0.25) is 0 Å². The first-order valence-corrected chi connectivity index (χ1v) is 6.90. The van der Waals surface area contributed by atoms with E-state index in [9.17, 15) is 4.39 Å². The van der Waals surface area contributed by atoms with E-state index in [1.807, 2.05) is 12.1 Å². The second kappa shape index (κ2) is 4.37. The number of hydrogen-bond acceptors (Lipinski definition) is 1. The number of hydrogen-bond donors (Lipinski definition) is 1. The molecule has 0 atom stereocenters. The maximum Gasteiger partial charge on any atom is 0.123 e. The number of nitrogens with one attached hydrogen (secondary N) is 1. The highest BCUT2D eigenvalue weighted by Crippen LogP contribution is 2.30. The quantitative estimate of drug-likeness (QED) is 0.708. The summed E-state index contributed by atoms with van der Waals surface area (Å²) in [6.45, 7) is 1.84. The van der Waals surface area contributed by atoms with Gasteiger partial charge in [0.05, 0.1) is 0 Å². The molecule has 0 amide bonds. The molecule has 3 aromatic rings. The Bertz CT molecular complexity index is 758. The van der Waals surface area contributed by atoms with Gasteiger partial charge in [-0.3, -0.25) is 0 Å². The van der Waals surface area contributed by atoms with Gasteiger partial charge in [0.2, 0.25) is 0 Å². The molecule has 1 aliphatic heterocycles. The molecule has 2 aromatic carbocycles. The molecule has 2 heterocycles. The maximum atomic E-state index is 13.0. The Balaban J connectivity index is 1.73. The second-order valence-electron chi connectivity index (χ2n) is 5.28. The summed E-state index contributed by atoms with van der Waals surface area (Å²) in [7, 11) is 0. The first kappa shape index (κ1) is 11.5. The summed E-state index contributed by atoms with van der Waals surface area (Å²) in [5, 5.41) is 1.30. The van der Waals surface area contributed by atoms with Crippen molar-refractivity contribution in [2.24, 2.45) is 0 Å². The van der Waals surface area contributed by atoms with Crippen molar-refractivity contribution in [2.45, 2.75) is 13.0 Å². The summed E-state index contributed by atoms with van der Waals surface area (Å²) < 4.78 is 13.0. The lowest BCUT2D eigenvalue weighted by Gasteiger charge is -2.29. The van der Waals surface area contributed by atoms with Crippen LogP contribution < -0.4 is 4.90 Å². The Kier molecular flexibility index (Phi) is 2.52. The van der Waals surface area contributed by atoms with Gasteiger partial charge in [-0.1, -0.05) is 18.2 Å². The molecule has 1 aliphatic rings. The molecule has 0 aliphatic carbocycles. The monoisotopic (exact) mass is 266 g/mol. The standard InChI is InChI=1S/C17H15FN2/c18-12-5-7-13(8-6-12)20-10-9-17-15(11-20)14-3-1-2-4-16(14)19-17/h1-8,19H,9-11H2. The predicted molar refractivity (Wildman–Crippen MR) is 79.5 cm³/mol. The van der Waals surface area contributed by atoms with Crippen LogP contribution in [0.4, 0.5) is 10.1 Å². The Labute approximate surface area is 116 Å². The Morgan fingerprint density at radius 1 is 1.00 bits per heavy atom. The highest BCUT2D eigenvalue weighted by Gasteiger charge is 2.20. The number of aromatic amines is 1. The zero-order valence-corrected chi connectivity index (χ0v) is 11.1. The molecule has 1 aromatic heterocycles. The SMILES string of the molecule is Fc1ccc(N2CCc3[nH]c4ccccc4c3C2)cc1. The number of para-hydroxylation sites is 1. The number of rotatable bonds is 1. The molecule has 0 spiro atoms. The topological polar surface area (TPSA) is 19.0 Å². The molecule has 3 heteroatoms. The summed E-state index contributed by atoms with van der Waals surface area (Å²) in [4.78, 5) is 5.82. The lowest BCUT2D eigenvalue weighted by Crippen LogP contribution is -2.29. The van der Waals surface area contributed by atoms with Gasteiger partial charge in [-0.15, -0.1) is 0 Å². The minimum Gasteiger partial charge on any atom is -0.367 e. The number of nitrogens with zero attached hydrogens (tertiary/aromatic N) is 1. The summed E-state index contributed by atoms with van der Waals surface area (Å²) >= 11 is 0. The van der Waals surface area contributed by atoms with Gasteiger partial charge in [0, 0.05) is 47.4 Å². The molecular formula is C17H15FN2. The van der Waals surface area contributed by atoms with E-state index in [1.54, 1.807) is 0 Å². The number of aromatic nitrogens is 1. The van der Waals surface area contributed by atoms with Crippen LogP contribution in [0.25, 0.3) is 10.9 Å². The van der Waals surface area contributed by atoms with Crippen LogP contribution in [0.15, 0.2) is 48.5 Å². The second-order valence-corrected chi connectivity index (χ2v) is 5.28. The number of anilines is 1. The lowest BCUT2D eigenvalue weighted by molar-refractivity contribution is 0.627. The van der Waals surface area contributed by atoms with Gasteiger partial charge in [0.15, 0.2) is 0 Å². The van der Waals surface area contributed by atoms with E-state index >= 15 is 0 Å². The van der Waals surface area contributed by atoms with Crippen molar-refractivity contribution in [2.75, 3.05) is 11.4 Å². The minimum absolute atomic E-state index is 0.182. The van der Waals surface area contributed by atoms with E-state index in [4.69, 9.17) is 0 Å². The van der Waals surface area contributed by atoms with Gasteiger partial charge in [0.1, 0.15) is 5.82 Å². The first-order chi connectivity index (χ1) is 9.81. The molecule has 0 bridgehead atoms. The average Bonchev–Trinajstić information content (AvgIpc) is 2.86. The van der Waals surface area contributed by atoms with Crippen molar-refractivity contribution in [3.05, 3.63) is 65.6 Å². The number of benzene rings is 2. The summed E-state index contributed by atoms with van der Waals surface area (Å²) in [6.07, 6.45) is 1.00. The van der Waals surface area contributed by atoms with Crippen molar-refractivity contribution in [3.63, 3.8) is 0 Å². The molecular weight excluding hydrogens is 251 g/mol. The molecule has 0 saturated heterocycles. The van der Waals surface area contributed by atoms with Crippen molar-refractivity contribution in [3.8, 4) is 0 Å². The van der Waals surface area contributed by atoms with Crippen molar-refractivity contribution in [1.82, 2.24) is 4.98 Å². The highest BCUT2D eigenvalue weighted by molar-refractivity contribution is 5.85. The normalized spacial score (nSPS) is 14.6. The number of H-pyrrole nitrogens is 1. The molecule has 1 N–H and O–H groups in total. The van der Waals surface area contributed by atoms with Crippen LogP contribution in [0.3, 0.4) is 0 Å². The van der Waals surface area contributed by atoms with E-state index in [2.05, 4.69) is 34.1 Å². The third-order valence-electron chi connectivity index (χ3n) is 4.07. The molecule has 0 unspecified atom stereocenters. The largest absolute Gasteiger partial charge is 0.367 e. The summed E-state index contributed by atoms with van der Waals surface area (Å²) in [5.41, 5.74) is 5.00. The Morgan fingerprint density at radius 3 is 2.65 bits per heavy atom. The van der Waals surface area contributed by atoms with Gasteiger partial charge >= 0.3 is 0 Å². The van der Waals surface area contributed by atoms with Crippen LogP contribution in [0.1, 0.15) is 11.3 Å². The van der Waals surface area contributed by atoms with Crippen molar-refractivity contribution >= 4 is 16.6 Å². The minimum atomic E-state index is -0.182. The molecule has 4 rings (SSSR count). The fraction of sp³-hybridized carbons (Fsp3) is 0.176. The van der Waals surface area contributed by atoms with Crippen LogP contribution in [-0.4, -0.2) is 11.5 Å². The third-order valence-corrected chi connectivity index (χ3v) is 4.07. The summed E-state index contributed by atoms with van der Waals surface area (Å²) in [6, 6.07) is 15.2. The maximum absolute atomic E-state index is 13.0. The molecule has 2 nitrogen and oxygen atoms in total. The van der Waals surface area contributed by atoms with Gasteiger partial charge in [0.25, 0.3) is 0 Å². The van der Waals surface area contributed by atoms with Crippen LogP contribution >= 0.6 is 0 Å². The van der Waals surface area contributed by atoms with Gasteiger partial charge in [-0.25, -0.2) is 4.39 Å². The van der Waals surface area contributed by atoms with Crippen molar-refractivity contribution in [1.29, 1.82) is 0 Å². The molecule has 0 radical (unpaired) electrons. The van der Waals surface area contributed by atoms with Gasteiger partial charge in [-0.2, -0.15) is 0 Å². The highest BCUT2D eigenvalue weighted by atomic mass is 19.1. The van der Waals surface area contributed by atoms with Crippen LogP contribution in [0, 0.1) is 5.82 Å². The van der Waals surface area contributed by atoms with Crippen molar-refractivity contribution < 1.29 is 4.39 Å².